The zero-order valence-electron chi connectivity index (χ0n) is 18.5. The molecule has 0 saturated heterocycles. The first-order valence-corrected chi connectivity index (χ1v) is 12.2. The summed E-state index contributed by atoms with van der Waals surface area (Å²) in [6, 6.07) is 12.5. The normalized spacial score (nSPS) is 17.2. The van der Waals surface area contributed by atoms with Gasteiger partial charge in [-0.05, 0) is 42.7 Å². The Kier molecular flexibility index (Phi) is 7.36. The minimum absolute atomic E-state index is 0.166. The number of thioether (sulfide) groups is 1. The summed E-state index contributed by atoms with van der Waals surface area (Å²) in [5.41, 5.74) is 0.506. The SMILES string of the molecule is CSCC[C@H](C(=O)OCC(=O)NC[C@H]1COc2ccccc2O1)N1C(=O)c2ccccc2C1=O. The van der Waals surface area contributed by atoms with Crippen molar-refractivity contribution >= 4 is 35.5 Å². The molecule has 2 heterocycles. The van der Waals surface area contributed by atoms with Crippen LogP contribution in [-0.2, 0) is 14.3 Å². The number of carbonyl (C=O) groups is 4. The van der Waals surface area contributed by atoms with Crippen molar-refractivity contribution in [2.24, 2.45) is 0 Å². The average molecular weight is 485 g/mol. The maximum absolute atomic E-state index is 12.8. The van der Waals surface area contributed by atoms with Crippen LogP contribution in [0, 0.1) is 0 Å². The summed E-state index contributed by atoms with van der Waals surface area (Å²) in [6.45, 7) is -0.103. The Morgan fingerprint density at radius 2 is 1.74 bits per heavy atom. The predicted molar refractivity (Wildman–Crippen MR) is 124 cm³/mol. The van der Waals surface area contributed by atoms with E-state index in [0.29, 0.717) is 17.3 Å². The first-order valence-electron chi connectivity index (χ1n) is 10.8. The number of esters is 1. The van der Waals surface area contributed by atoms with Gasteiger partial charge in [0, 0.05) is 0 Å². The highest BCUT2D eigenvalue weighted by Gasteiger charge is 2.43. The van der Waals surface area contributed by atoms with E-state index in [2.05, 4.69) is 5.32 Å². The van der Waals surface area contributed by atoms with Gasteiger partial charge in [-0.25, -0.2) is 4.79 Å². The summed E-state index contributed by atoms with van der Waals surface area (Å²) in [7, 11) is 0. The third kappa shape index (κ3) is 5.01. The number of rotatable bonds is 9. The van der Waals surface area contributed by atoms with Gasteiger partial charge in [-0.3, -0.25) is 19.3 Å². The first-order chi connectivity index (χ1) is 16.5. The third-order valence-corrected chi connectivity index (χ3v) is 6.09. The molecular weight excluding hydrogens is 460 g/mol. The van der Waals surface area contributed by atoms with Gasteiger partial charge in [0.15, 0.2) is 18.1 Å². The van der Waals surface area contributed by atoms with Crippen LogP contribution in [0.1, 0.15) is 27.1 Å². The van der Waals surface area contributed by atoms with Crippen molar-refractivity contribution in [2.75, 3.05) is 31.8 Å². The lowest BCUT2D eigenvalue weighted by atomic mass is 10.1. The Labute approximate surface area is 200 Å². The zero-order valence-corrected chi connectivity index (χ0v) is 19.3. The summed E-state index contributed by atoms with van der Waals surface area (Å²) < 4.78 is 16.6. The van der Waals surface area contributed by atoms with E-state index in [1.165, 1.54) is 11.8 Å². The van der Waals surface area contributed by atoms with E-state index < -0.39 is 36.3 Å². The Morgan fingerprint density at radius 1 is 1.09 bits per heavy atom. The molecule has 2 aliphatic rings. The lowest BCUT2D eigenvalue weighted by Crippen LogP contribution is -2.47. The van der Waals surface area contributed by atoms with Crippen LogP contribution >= 0.6 is 11.8 Å². The standard InChI is InChI=1S/C24H24N2O7S/c1-34-11-10-18(26-22(28)16-6-2-3-7-17(16)23(26)29)24(30)32-14-21(27)25-12-15-13-31-19-8-4-5-9-20(19)33-15/h2-9,15,18H,10-14H2,1H3,(H,25,27)/t15-,18+/m0/s1. The molecule has 0 bridgehead atoms. The van der Waals surface area contributed by atoms with Crippen molar-refractivity contribution < 1.29 is 33.4 Å². The number of fused-ring (bicyclic) bond motifs is 2. The molecule has 0 aliphatic carbocycles. The summed E-state index contributed by atoms with van der Waals surface area (Å²) >= 11 is 1.47. The monoisotopic (exact) mass is 484 g/mol. The second kappa shape index (κ2) is 10.6. The molecule has 0 aromatic heterocycles. The summed E-state index contributed by atoms with van der Waals surface area (Å²) in [6.07, 6.45) is 1.69. The van der Waals surface area contributed by atoms with Crippen molar-refractivity contribution in [2.45, 2.75) is 18.6 Å². The quantitative estimate of drug-likeness (QED) is 0.424. The van der Waals surface area contributed by atoms with E-state index in [1.807, 2.05) is 18.4 Å². The molecular formula is C24H24N2O7S. The van der Waals surface area contributed by atoms with Gasteiger partial charge in [0.1, 0.15) is 18.8 Å². The average Bonchev–Trinajstić information content (AvgIpc) is 3.11. The maximum Gasteiger partial charge on any atom is 0.329 e. The van der Waals surface area contributed by atoms with E-state index in [0.717, 1.165) is 4.90 Å². The maximum atomic E-state index is 12.8. The molecule has 2 atom stereocenters. The molecule has 4 rings (SSSR count). The molecule has 9 nitrogen and oxygen atoms in total. The van der Waals surface area contributed by atoms with Crippen LogP contribution in [0.3, 0.4) is 0 Å². The van der Waals surface area contributed by atoms with Crippen LogP contribution in [0.2, 0.25) is 0 Å². The highest BCUT2D eigenvalue weighted by atomic mass is 32.2. The summed E-state index contributed by atoms with van der Waals surface area (Å²) in [5.74, 6) is -0.641. The largest absolute Gasteiger partial charge is 0.486 e. The van der Waals surface area contributed by atoms with E-state index >= 15 is 0 Å². The minimum Gasteiger partial charge on any atom is -0.486 e. The zero-order chi connectivity index (χ0) is 24.1. The van der Waals surface area contributed by atoms with Gasteiger partial charge in [-0.2, -0.15) is 11.8 Å². The molecule has 1 N–H and O–H groups in total. The minimum atomic E-state index is -1.11. The van der Waals surface area contributed by atoms with Gasteiger partial charge in [0.25, 0.3) is 17.7 Å². The van der Waals surface area contributed by atoms with Crippen LogP contribution in [0.5, 0.6) is 11.5 Å². The lowest BCUT2D eigenvalue weighted by molar-refractivity contribution is -0.152. The molecule has 0 unspecified atom stereocenters. The second-order valence-electron chi connectivity index (χ2n) is 7.73. The third-order valence-electron chi connectivity index (χ3n) is 5.44. The number of ether oxygens (including phenoxy) is 3. The van der Waals surface area contributed by atoms with Crippen LogP contribution < -0.4 is 14.8 Å². The van der Waals surface area contributed by atoms with Gasteiger partial charge >= 0.3 is 5.97 Å². The molecule has 3 amide bonds. The number of nitrogens with zero attached hydrogens (tertiary/aromatic N) is 1. The number of imide groups is 1. The molecule has 0 radical (unpaired) electrons. The molecule has 178 valence electrons. The van der Waals surface area contributed by atoms with Crippen LogP contribution in [0.25, 0.3) is 0 Å². The molecule has 2 aromatic rings. The molecule has 0 fully saturated rings. The van der Waals surface area contributed by atoms with Crippen LogP contribution in [0.15, 0.2) is 48.5 Å². The van der Waals surface area contributed by atoms with Crippen LogP contribution in [0.4, 0.5) is 0 Å². The van der Waals surface area contributed by atoms with Crippen molar-refractivity contribution in [3.8, 4) is 11.5 Å². The van der Waals surface area contributed by atoms with Gasteiger partial charge in [-0.1, -0.05) is 24.3 Å². The molecule has 34 heavy (non-hydrogen) atoms. The molecule has 2 aliphatic heterocycles. The van der Waals surface area contributed by atoms with E-state index in [9.17, 15) is 19.2 Å². The van der Waals surface area contributed by atoms with Gasteiger partial charge in [-0.15, -0.1) is 0 Å². The fraction of sp³-hybridized carbons (Fsp3) is 0.333. The first kappa shape index (κ1) is 23.6. The highest BCUT2D eigenvalue weighted by molar-refractivity contribution is 7.98. The van der Waals surface area contributed by atoms with Gasteiger partial charge in [0.05, 0.1) is 17.7 Å². The number of para-hydroxylation sites is 2. The second-order valence-corrected chi connectivity index (χ2v) is 8.72. The fourth-order valence-corrected chi connectivity index (χ4v) is 4.21. The Balaban J connectivity index is 1.31. The van der Waals surface area contributed by atoms with E-state index in [-0.39, 0.29) is 36.8 Å². The summed E-state index contributed by atoms with van der Waals surface area (Å²) in [4.78, 5) is 51.6. The topological polar surface area (TPSA) is 111 Å². The Hall–Kier alpha value is -3.53. The number of hydrogen-bond acceptors (Lipinski definition) is 8. The van der Waals surface area contributed by atoms with Crippen LogP contribution in [-0.4, -0.2) is 72.5 Å². The van der Waals surface area contributed by atoms with Crippen molar-refractivity contribution in [1.82, 2.24) is 10.2 Å². The number of carbonyl (C=O) groups excluding carboxylic acids is 4. The van der Waals surface area contributed by atoms with E-state index in [1.54, 1.807) is 36.4 Å². The number of amides is 3. The Bertz CT molecular complexity index is 1070. The fourth-order valence-electron chi connectivity index (χ4n) is 3.75. The number of hydrogen-bond donors (Lipinski definition) is 1. The summed E-state index contributed by atoms with van der Waals surface area (Å²) in [5, 5.41) is 2.65. The number of nitrogens with one attached hydrogen (secondary N) is 1. The predicted octanol–water partition coefficient (Wildman–Crippen LogP) is 1.90. The van der Waals surface area contributed by atoms with Crippen molar-refractivity contribution in [3.05, 3.63) is 59.7 Å². The highest BCUT2D eigenvalue weighted by Crippen LogP contribution is 2.30. The lowest BCUT2D eigenvalue weighted by Gasteiger charge is -2.26. The van der Waals surface area contributed by atoms with Crippen molar-refractivity contribution in [3.63, 3.8) is 0 Å². The van der Waals surface area contributed by atoms with Gasteiger partial charge in [0.2, 0.25) is 0 Å². The van der Waals surface area contributed by atoms with Gasteiger partial charge < -0.3 is 19.5 Å². The van der Waals surface area contributed by atoms with Crippen molar-refractivity contribution in [1.29, 1.82) is 0 Å². The van der Waals surface area contributed by atoms with E-state index in [4.69, 9.17) is 14.2 Å². The smallest absolute Gasteiger partial charge is 0.329 e. The molecule has 0 spiro atoms. The number of benzene rings is 2. The molecule has 2 aromatic carbocycles. The Morgan fingerprint density at radius 3 is 2.41 bits per heavy atom. The molecule has 0 saturated carbocycles. The molecule has 10 heteroatoms.